The van der Waals surface area contributed by atoms with Crippen LogP contribution in [-0.4, -0.2) is 98.1 Å². The number of fused-ring (bicyclic) bond motifs is 2. The van der Waals surface area contributed by atoms with Gasteiger partial charge in [0.2, 0.25) is 0 Å². The van der Waals surface area contributed by atoms with Crippen LogP contribution in [0.3, 0.4) is 0 Å². The maximum absolute atomic E-state index is 13.7. The number of anilines is 2. The average molecular weight is 641 g/mol. The van der Waals surface area contributed by atoms with Crippen molar-refractivity contribution in [3.8, 4) is 11.8 Å². The molecule has 2 fully saturated rings. The van der Waals surface area contributed by atoms with Crippen molar-refractivity contribution in [2.45, 2.75) is 32.2 Å². The number of halogens is 1. The second-order valence-corrected chi connectivity index (χ2v) is 12.3. The third kappa shape index (κ3) is 7.05. The van der Waals surface area contributed by atoms with Crippen molar-refractivity contribution in [1.29, 1.82) is 0 Å². The number of hydrogen-bond donors (Lipinski definition) is 0. The number of nitrogens with zero attached hydrogens (tertiary/aromatic N) is 6. The number of carbonyl (C=O) groups is 1. The molecule has 0 N–H and O–H groups in total. The fraction of sp³-hybridized carbons (Fsp3) is 0.417. The van der Waals surface area contributed by atoms with Crippen LogP contribution in [0.1, 0.15) is 23.2 Å². The van der Waals surface area contributed by atoms with E-state index in [2.05, 4.69) is 45.0 Å². The molecule has 0 spiro atoms. The summed E-state index contributed by atoms with van der Waals surface area (Å²) in [5, 5.41) is 2.28. The fourth-order valence-corrected chi connectivity index (χ4v) is 6.73. The lowest BCUT2D eigenvalue weighted by Crippen LogP contribution is -2.49. The van der Waals surface area contributed by atoms with Crippen LogP contribution in [0.25, 0.3) is 10.8 Å². The lowest BCUT2D eigenvalue weighted by molar-refractivity contribution is 0.0941. The van der Waals surface area contributed by atoms with Gasteiger partial charge in [-0.3, -0.25) is 4.90 Å². The van der Waals surface area contributed by atoms with Crippen LogP contribution in [-0.2, 0) is 24.3 Å². The molecule has 11 heteroatoms. The number of hydrogen-bond acceptors (Lipinski definition) is 9. The van der Waals surface area contributed by atoms with Gasteiger partial charge in [-0.15, -0.1) is 0 Å². The van der Waals surface area contributed by atoms with Crippen LogP contribution in [0.15, 0.2) is 66.7 Å². The second kappa shape index (κ2) is 14.0. The number of carbonyl (C=O) groups excluding carboxylic acids is 1. The number of benzene rings is 3. The van der Waals surface area contributed by atoms with Gasteiger partial charge in [-0.2, -0.15) is 9.97 Å². The van der Waals surface area contributed by atoms with E-state index in [0.29, 0.717) is 64.9 Å². The molecule has 10 nitrogen and oxygen atoms in total. The zero-order chi connectivity index (χ0) is 32.2. The van der Waals surface area contributed by atoms with Crippen molar-refractivity contribution in [1.82, 2.24) is 19.8 Å². The summed E-state index contributed by atoms with van der Waals surface area (Å²) < 4.78 is 31.1. The van der Waals surface area contributed by atoms with Crippen LogP contribution >= 0.6 is 0 Å². The van der Waals surface area contributed by atoms with Gasteiger partial charge in [0, 0.05) is 75.1 Å². The number of methoxy groups -OCH3 is 1. The van der Waals surface area contributed by atoms with Crippen LogP contribution in [0.4, 0.5) is 20.7 Å². The number of aromatic nitrogens is 2. The first-order valence-corrected chi connectivity index (χ1v) is 16.5. The topological polar surface area (TPSA) is 83.5 Å². The molecule has 1 aromatic heterocycles. The molecule has 1 amide bonds. The molecule has 1 unspecified atom stereocenters. The van der Waals surface area contributed by atoms with Gasteiger partial charge in [0.05, 0.1) is 19.3 Å². The third-order valence-corrected chi connectivity index (χ3v) is 9.31. The Morgan fingerprint density at radius 2 is 1.74 bits per heavy atom. The van der Waals surface area contributed by atoms with Crippen molar-refractivity contribution in [2.24, 2.45) is 0 Å². The van der Waals surface area contributed by atoms with E-state index >= 15 is 0 Å². The molecule has 47 heavy (non-hydrogen) atoms. The SMILES string of the molecule is COc1cc(N2CCc3c(nc(OCCN4CCC(F)C4)nc3N3CCN(C(=O)OCc4ccccc4)CC3)C2)c2ccccc2c1. The maximum atomic E-state index is 13.7. The first kappa shape index (κ1) is 31.0. The minimum Gasteiger partial charge on any atom is -0.497 e. The highest BCUT2D eigenvalue weighted by molar-refractivity contribution is 5.95. The van der Waals surface area contributed by atoms with Gasteiger partial charge >= 0.3 is 12.1 Å². The molecule has 0 saturated carbocycles. The smallest absolute Gasteiger partial charge is 0.410 e. The lowest BCUT2D eigenvalue weighted by Gasteiger charge is -2.38. The predicted octanol–water partition coefficient (Wildman–Crippen LogP) is 5.08. The van der Waals surface area contributed by atoms with Crippen molar-refractivity contribution in [3.05, 3.63) is 83.6 Å². The van der Waals surface area contributed by atoms with Gasteiger partial charge in [-0.05, 0) is 29.9 Å². The molecule has 246 valence electrons. The molecule has 0 aliphatic carbocycles. The summed E-state index contributed by atoms with van der Waals surface area (Å²) in [7, 11) is 1.70. The maximum Gasteiger partial charge on any atom is 0.410 e. The fourth-order valence-electron chi connectivity index (χ4n) is 6.73. The standard InChI is InChI=1S/C36H41FN6O4/c1-45-29-21-27-9-5-6-10-30(27)33(22-29)43-14-12-31-32(24-43)38-35(46-20-19-40-13-11-28(37)23-40)39-34(31)41-15-17-42(18-16-41)36(44)47-25-26-7-3-2-4-8-26/h2-10,21-22,28H,11-20,23-25H2,1H3. The normalized spacial score (nSPS) is 18.3. The van der Waals surface area contributed by atoms with Crippen molar-refractivity contribution < 1.29 is 23.4 Å². The van der Waals surface area contributed by atoms with Crippen molar-refractivity contribution in [2.75, 3.05) is 75.9 Å². The Balaban J connectivity index is 1.10. The summed E-state index contributed by atoms with van der Waals surface area (Å²) >= 11 is 0. The lowest BCUT2D eigenvalue weighted by atomic mass is 10.0. The van der Waals surface area contributed by atoms with Gasteiger partial charge in [-0.25, -0.2) is 9.18 Å². The van der Waals surface area contributed by atoms with E-state index < -0.39 is 6.17 Å². The van der Waals surface area contributed by atoms with Crippen LogP contribution < -0.4 is 19.3 Å². The van der Waals surface area contributed by atoms with E-state index in [1.54, 1.807) is 12.0 Å². The first-order chi connectivity index (χ1) is 23.0. The molecule has 7 rings (SSSR count). The summed E-state index contributed by atoms with van der Waals surface area (Å²) in [5.41, 5.74) is 4.11. The quantitative estimate of drug-likeness (QED) is 0.249. The monoisotopic (exact) mass is 640 g/mol. The molecule has 0 bridgehead atoms. The molecular weight excluding hydrogens is 599 g/mol. The molecule has 3 aromatic carbocycles. The molecule has 4 aromatic rings. The van der Waals surface area contributed by atoms with Gasteiger partial charge in [0.15, 0.2) is 0 Å². The van der Waals surface area contributed by atoms with E-state index in [0.717, 1.165) is 64.4 Å². The Hall–Kier alpha value is -4.64. The number of ether oxygens (including phenoxy) is 3. The summed E-state index contributed by atoms with van der Waals surface area (Å²) in [5.74, 6) is 1.68. The third-order valence-electron chi connectivity index (χ3n) is 9.31. The number of likely N-dealkylation sites (tertiary alicyclic amines) is 1. The van der Waals surface area contributed by atoms with E-state index in [4.69, 9.17) is 24.2 Å². The predicted molar refractivity (Wildman–Crippen MR) is 179 cm³/mol. The molecule has 3 aliphatic rings. The summed E-state index contributed by atoms with van der Waals surface area (Å²) in [6.45, 7) is 6.15. The summed E-state index contributed by atoms with van der Waals surface area (Å²) in [6.07, 6.45) is 0.261. The Morgan fingerprint density at radius 3 is 2.53 bits per heavy atom. The number of amides is 1. The number of alkyl halides is 1. The number of piperazine rings is 1. The Bertz CT molecular complexity index is 1700. The molecule has 0 radical (unpaired) electrons. The Morgan fingerprint density at radius 1 is 0.936 bits per heavy atom. The van der Waals surface area contributed by atoms with Crippen molar-refractivity contribution in [3.63, 3.8) is 0 Å². The minimum atomic E-state index is -0.769. The molecule has 1 atom stereocenters. The Kier molecular flexibility index (Phi) is 9.23. The largest absolute Gasteiger partial charge is 0.497 e. The van der Waals surface area contributed by atoms with E-state index in [1.165, 1.54) is 0 Å². The average Bonchev–Trinajstić information content (AvgIpc) is 3.54. The molecule has 4 heterocycles. The van der Waals surface area contributed by atoms with E-state index in [-0.39, 0.29) is 12.7 Å². The van der Waals surface area contributed by atoms with Gasteiger partial charge in [-0.1, -0.05) is 54.6 Å². The van der Waals surface area contributed by atoms with Crippen molar-refractivity contribution >= 4 is 28.4 Å². The van der Waals surface area contributed by atoms with Crippen LogP contribution in [0.5, 0.6) is 11.8 Å². The molecular formula is C36H41FN6O4. The highest BCUT2D eigenvalue weighted by Crippen LogP contribution is 2.36. The van der Waals surface area contributed by atoms with E-state index in [9.17, 15) is 9.18 Å². The molecule has 3 aliphatic heterocycles. The first-order valence-electron chi connectivity index (χ1n) is 16.5. The molecule has 2 saturated heterocycles. The van der Waals surface area contributed by atoms with E-state index in [1.807, 2.05) is 36.4 Å². The summed E-state index contributed by atoms with van der Waals surface area (Å²) in [4.78, 5) is 31.1. The van der Waals surface area contributed by atoms with Crippen LogP contribution in [0.2, 0.25) is 0 Å². The summed E-state index contributed by atoms with van der Waals surface area (Å²) in [6, 6.07) is 22.5. The van der Waals surface area contributed by atoms with Gasteiger partial charge in [0.25, 0.3) is 0 Å². The van der Waals surface area contributed by atoms with Crippen LogP contribution in [0, 0.1) is 0 Å². The number of rotatable bonds is 9. The van der Waals surface area contributed by atoms with Gasteiger partial charge in [0.1, 0.15) is 31.0 Å². The Labute approximate surface area is 274 Å². The highest BCUT2D eigenvalue weighted by Gasteiger charge is 2.30. The second-order valence-electron chi connectivity index (χ2n) is 12.3. The zero-order valence-electron chi connectivity index (χ0n) is 26.8. The highest BCUT2D eigenvalue weighted by atomic mass is 19.1. The zero-order valence-corrected chi connectivity index (χ0v) is 26.8. The minimum absolute atomic E-state index is 0.252. The van der Waals surface area contributed by atoms with Gasteiger partial charge < -0.3 is 28.9 Å².